The van der Waals surface area contributed by atoms with Gasteiger partial charge in [0.1, 0.15) is 5.02 Å². The molecule has 0 bridgehead atoms. The fraction of sp³-hybridized carbons (Fsp3) is 0.545. The van der Waals surface area contributed by atoms with E-state index in [2.05, 4.69) is 4.98 Å². The van der Waals surface area contributed by atoms with Gasteiger partial charge in [-0.1, -0.05) is 11.6 Å². The molecule has 0 radical (unpaired) electrons. The van der Waals surface area contributed by atoms with Gasteiger partial charge in [0.05, 0.1) is 17.6 Å². The van der Waals surface area contributed by atoms with Gasteiger partial charge in [-0.25, -0.2) is 8.42 Å². The fourth-order valence-electron chi connectivity index (χ4n) is 1.30. The number of aromatic amines is 1. The highest BCUT2D eigenvalue weighted by molar-refractivity contribution is 7.89. The molecule has 1 aromatic rings. The van der Waals surface area contributed by atoms with Gasteiger partial charge in [0.2, 0.25) is 10.0 Å². The zero-order valence-corrected chi connectivity index (χ0v) is 12.6. The molecule has 0 saturated heterocycles. The van der Waals surface area contributed by atoms with Crippen molar-refractivity contribution in [2.75, 3.05) is 20.2 Å². The second-order valence-corrected chi connectivity index (χ2v) is 6.71. The monoisotopic (exact) mass is 308 g/mol. The number of H-pyrrole nitrogens is 1. The molecule has 0 unspecified atom stereocenters. The first-order valence-electron chi connectivity index (χ1n) is 5.71. The van der Waals surface area contributed by atoms with E-state index in [0.29, 0.717) is 6.61 Å². The van der Waals surface area contributed by atoms with Crippen LogP contribution in [0.5, 0.6) is 0 Å². The van der Waals surface area contributed by atoms with Gasteiger partial charge in [0.15, 0.2) is 0 Å². The third-order valence-corrected chi connectivity index (χ3v) is 4.51. The van der Waals surface area contributed by atoms with Crippen LogP contribution in [0.4, 0.5) is 0 Å². The van der Waals surface area contributed by atoms with E-state index in [1.54, 1.807) is 0 Å². The third-order valence-electron chi connectivity index (χ3n) is 2.40. The summed E-state index contributed by atoms with van der Waals surface area (Å²) in [6, 6.07) is 1.13. The Morgan fingerprint density at radius 1 is 1.47 bits per heavy atom. The van der Waals surface area contributed by atoms with Gasteiger partial charge in [0, 0.05) is 19.8 Å². The molecule has 1 aromatic heterocycles. The molecule has 8 heteroatoms. The summed E-state index contributed by atoms with van der Waals surface area (Å²) >= 11 is 5.62. The van der Waals surface area contributed by atoms with Gasteiger partial charge in [-0.05, 0) is 19.9 Å². The Kier molecular flexibility index (Phi) is 5.54. The molecule has 0 atom stereocenters. The zero-order valence-electron chi connectivity index (χ0n) is 11.0. The summed E-state index contributed by atoms with van der Waals surface area (Å²) in [6.07, 6.45) is 1.17. The predicted octanol–water partition coefficient (Wildman–Crippen LogP) is 1.07. The van der Waals surface area contributed by atoms with Crippen LogP contribution in [0.1, 0.15) is 13.8 Å². The first kappa shape index (κ1) is 16.2. The lowest BCUT2D eigenvalue weighted by Crippen LogP contribution is -2.31. The normalized spacial score (nSPS) is 12.3. The van der Waals surface area contributed by atoms with Gasteiger partial charge >= 0.3 is 0 Å². The van der Waals surface area contributed by atoms with Crippen LogP contribution >= 0.6 is 11.6 Å². The number of rotatable bonds is 6. The van der Waals surface area contributed by atoms with Crippen LogP contribution in [0.3, 0.4) is 0 Å². The van der Waals surface area contributed by atoms with E-state index in [-0.39, 0.29) is 22.6 Å². The van der Waals surface area contributed by atoms with Crippen molar-refractivity contribution in [3.05, 3.63) is 27.6 Å². The van der Waals surface area contributed by atoms with Crippen LogP contribution in [0, 0.1) is 0 Å². The van der Waals surface area contributed by atoms with Gasteiger partial charge in [-0.2, -0.15) is 4.31 Å². The van der Waals surface area contributed by atoms with Gasteiger partial charge in [0.25, 0.3) is 5.56 Å². The lowest BCUT2D eigenvalue weighted by molar-refractivity contribution is 0.0737. The number of pyridine rings is 1. The Labute approximate surface area is 117 Å². The Balaban J connectivity index is 2.84. The molecule has 6 nitrogen and oxygen atoms in total. The molecular formula is C11H17ClN2O4S. The van der Waals surface area contributed by atoms with E-state index < -0.39 is 15.6 Å². The highest BCUT2D eigenvalue weighted by atomic mass is 35.5. The van der Waals surface area contributed by atoms with Crippen molar-refractivity contribution in [3.8, 4) is 0 Å². The summed E-state index contributed by atoms with van der Waals surface area (Å²) < 4.78 is 30.8. The van der Waals surface area contributed by atoms with Crippen molar-refractivity contribution in [3.63, 3.8) is 0 Å². The summed E-state index contributed by atoms with van der Waals surface area (Å²) in [5.41, 5.74) is -0.522. The average molecular weight is 309 g/mol. The van der Waals surface area contributed by atoms with Crippen molar-refractivity contribution in [2.45, 2.75) is 24.8 Å². The fourth-order valence-corrected chi connectivity index (χ4v) is 2.69. The molecule has 0 aliphatic carbocycles. The van der Waals surface area contributed by atoms with Crippen LogP contribution in [0.15, 0.2) is 22.0 Å². The van der Waals surface area contributed by atoms with Gasteiger partial charge < -0.3 is 9.72 Å². The van der Waals surface area contributed by atoms with Crippen LogP contribution < -0.4 is 5.56 Å². The molecule has 0 aliphatic heterocycles. The van der Waals surface area contributed by atoms with E-state index in [1.165, 1.54) is 7.05 Å². The maximum Gasteiger partial charge on any atom is 0.266 e. The molecule has 0 fully saturated rings. The molecule has 0 saturated carbocycles. The topological polar surface area (TPSA) is 79.5 Å². The summed E-state index contributed by atoms with van der Waals surface area (Å²) in [5.74, 6) is 0. The number of sulfonamides is 1. The van der Waals surface area contributed by atoms with Crippen molar-refractivity contribution in [1.29, 1.82) is 0 Å². The lowest BCUT2D eigenvalue weighted by Gasteiger charge is -2.18. The molecule has 0 aromatic carbocycles. The molecule has 0 spiro atoms. The van der Waals surface area contributed by atoms with E-state index >= 15 is 0 Å². The first-order chi connectivity index (χ1) is 8.75. The third kappa shape index (κ3) is 4.31. The summed E-state index contributed by atoms with van der Waals surface area (Å²) in [4.78, 5) is 13.3. The highest BCUT2D eigenvalue weighted by Crippen LogP contribution is 2.14. The van der Waals surface area contributed by atoms with Crippen LogP contribution in [0.25, 0.3) is 0 Å². The molecule has 0 aliphatic rings. The number of nitrogens with zero attached hydrogens (tertiary/aromatic N) is 1. The van der Waals surface area contributed by atoms with Crippen LogP contribution in [-0.4, -0.2) is 44.0 Å². The van der Waals surface area contributed by atoms with Gasteiger partial charge in [-0.15, -0.1) is 0 Å². The second-order valence-electron chi connectivity index (χ2n) is 4.26. The number of ether oxygens (including phenoxy) is 1. The van der Waals surface area contributed by atoms with E-state index in [4.69, 9.17) is 16.3 Å². The standard InChI is InChI=1S/C11H17ClN2O4S/c1-8(2)18-5-4-14(3)19(16,17)9-6-10(12)11(15)13-7-9/h6-8H,4-5H2,1-3H3,(H,13,15). The first-order valence-corrected chi connectivity index (χ1v) is 7.53. The Morgan fingerprint density at radius 2 is 2.11 bits per heavy atom. The minimum Gasteiger partial charge on any atom is -0.377 e. The predicted molar refractivity (Wildman–Crippen MR) is 73.0 cm³/mol. The SMILES string of the molecule is CC(C)OCCN(C)S(=O)(=O)c1c[nH]c(=O)c(Cl)c1. The maximum absolute atomic E-state index is 12.2. The number of nitrogens with one attached hydrogen (secondary N) is 1. The Morgan fingerprint density at radius 3 is 2.63 bits per heavy atom. The summed E-state index contributed by atoms with van der Waals surface area (Å²) in [7, 11) is -2.23. The Bertz CT molecular complexity index is 583. The van der Waals surface area contributed by atoms with Crippen molar-refractivity contribution >= 4 is 21.6 Å². The molecular weight excluding hydrogens is 292 g/mol. The molecule has 0 amide bonds. The average Bonchev–Trinajstić information content (AvgIpc) is 2.31. The second kappa shape index (κ2) is 6.51. The molecule has 108 valence electrons. The largest absolute Gasteiger partial charge is 0.377 e. The van der Waals surface area contributed by atoms with E-state index in [9.17, 15) is 13.2 Å². The van der Waals surface area contributed by atoms with Gasteiger partial charge in [-0.3, -0.25) is 4.79 Å². The van der Waals surface area contributed by atoms with E-state index in [0.717, 1.165) is 16.6 Å². The lowest BCUT2D eigenvalue weighted by atomic mass is 10.5. The van der Waals surface area contributed by atoms with Crippen LogP contribution in [-0.2, 0) is 14.8 Å². The number of hydrogen-bond donors (Lipinski definition) is 1. The molecule has 1 heterocycles. The quantitative estimate of drug-likeness (QED) is 0.852. The smallest absolute Gasteiger partial charge is 0.266 e. The number of hydrogen-bond acceptors (Lipinski definition) is 4. The minimum absolute atomic E-state index is 0.0404. The minimum atomic E-state index is -3.68. The van der Waals surface area contributed by atoms with Crippen molar-refractivity contribution in [1.82, 2.24) is 9.29 Å². The van der Waals surface area contributed by atoms with Crippen molar-refractivity contribution < 1.29 is 13.2 Å². The molecule has 19 heavy (non-hydrogen) atoms. The summed E-state index contributed by atoms with van der Waals surface area (Å²) in [5, 5.41) is -0.159. The number of halogens is 1. The van der Waals surface area contributed by atoms with Crippen molar-refractivity contribution in [2.24, 2.45) is 0 Å². The molecule has 1 rings (SSSR count). The highest BCUT2D eigenvalue weighted by Gasteiger charge is 2.21. The van der Waals surface area contributed by atoms with Crippen LogP contribution in [0.2, 0.25) is 5.02 Å². The maximum atomic E-state index is 12.2. The Hall–Kier alpha value is -0.890. The number of aromatic nitrogens is 1. The number of likely N-dealkylation sites (N-methyl/N-ethyl adjacent to an activating group) is 1. The molecule has 1 N–H and O–H groups in total. The zero-order chi connectivity index (χ0) is 14.6. The summed E-state index contributed by atoms with van der Waals surface area (Å²) in [6.45, 7) is 4.26. The van der Waals surface area contributed by atoms with E-state index in [1.807, 2.05) is 13.8 Å².